The van der Waals surface area contributed by atoms with Gasteiger partial charge in [0.1, 0.15) is 0 Å². The van der Waals surface area contributed by atoms with E-state index in [0.717, 1.165) is 0 Å². The van der Waals surface area contributed by atoms with Gasteiger partial charge in [0, 0.05) is 0 Å². The first-order valence-electron chi connectivity index (χ1n) is 10.7. The summed E-state index contributed by atoms with van der Waals surface area (Å²) in [6, 6.07) is 8.54. The Morgan fingerprint density at radius 2 is 1.23 bits per heavy atom. The van der Waals surface area contributed by atoms with Gasteiger partial charge in [0.15, 0.2) is 0 Å². The van der Waals surface area contributed by atoms with Gasteiger partial charge in [-0.05, 0) is 56.2 Å². The first-order valence-corrected chi connectivity index (χ1v) is 10.7. The van der Waals surface area contributed by atoms with Gasteiger partial charge in [-0.3, -0.25) is 0 Å². The van der Waals surface area contributed by atoms with Crippen molar-refractivity contribution in [2.75, 3.05) is 0 Å². The molecule has 0 atom stereocenters. The summed E-state index contributed by atoms with van der Waals surface area (Å²) >= 11 is 0. The lowest BCUT2D eigenvalue weighted by Crippen LogP contribution is -1.89. The lowest BCUT2D eigenvalue weighted by atomic mass is 9.99. The fourth-order valence-corrected chi connectivity index (χ4v) is 2.15. The molecule has 0 amide bonds. The summed E-state index contributed by atoms with van der Waals surface area (Å²) in [5, 5.41) is 0. The molecule has 0 N–H and O–H groups in total. The molecule has 0 heteroatoms. The number of allylic oxidation sites excluding steroid dienone is 4. The van der Waals surface area contributed by atoms with E-state index in [1.165, 1.54) is 22.3 Å². The molecule has 154 valence electrons. The molecule has 0 spiro atoms. The van der Waals surface area contributed by atoms with E-state index in [9.17, 15) is 0 Å². The zero-order valence-corrected chi connectivity index (χ0v) is 20.6. The summed E-state index contributed by atoms with van der Waals surface area (Å²) in [4.78, 5) is 0. The van der Waals surface area contributed by atoms with E-state index in [2.05, 4.69) is 91.8 Å². The highest BCUT2D eigenvalue weighted by molar-refractivity contribution is 5.27. The predicted molar refractivity (Wildman–Crippen MR) is 127 cm³/mol. The highest BCUT2D eigenvalue weighted by atomic mass is 14.0. The molecule has 0 fully saturated rings. The van der Waals surface area contributed by atoms with Crippen molar-refractivity contribution in [3.63, 3.8) is 0 Å². The second kappa shape index (κ2) is 23.7. The third-order valence-electron chi connectivity index (χ3n) is 3.27. The van der Waals surface area contributed by atoms with Crippen LogP contribution in [0, 0.1) is 12.8 Å². The van der Waals surface area contributed by atoms with Crippen LogP contribution in [0.15, 0.2) is 47.6 Å². The van der Waals surface area contributed by atoms with Gasteiger partial charge in [-0.1, -0.05) is 111 Å². The molecule has 0 radical (unpaired) electrons. The maximum absolute atomic E-state index is 2.24. The predicted octanol–water partition coefficient (Wildman–Crippen LogP) is 9.75. The summed E-state index contributed by atoms with van der Waals surface area (Å²) < 4.78 is 0. The number of rotatable bonds is 3. The summed E-state index contributed by atoms with van der Waals surface area (Å²) in [6.45, 7) is 29.4. The molecule has 0 saturated heterocycles. The highest BCUT2D eigenvalue weighted by Gasteiger charge is 1.99. The summed E-state index contributed by atoms with van der Waals surface area (Å²) in [7, 11) is 0. The largest absolute Gasteiger partial charge is 0.0842 e. The Balaban J connectivity index is -0.000000144. The maximum Gasteiger partial charge on any atom is -0.0216 e. The second-order valence-corrected chi connectivity index (χ2v) is 6.18. The van der Waals surface area contributed by atoms with Gasteiger partial charge in [0.05, 0.1) is 0 Å². The molecule has 0 aliphatic carbocycles. The Labute approximate surface area is 167 Å². The van der Waals surface area contributed by atoms with Crippen LogP contribution in [0.5, 0.6) is 0 Å². The van der Waals surface area contributed by atoms with Crippen molar-refractivity contribution >= 4 is 0 Å². The van der Waals surface area contributed by atoms with Crippen molar-refractivity contribution in [3.05, 3.63) is 58.7 Å². The van der Waals surface area contributed by atoms with Gasteiger partial charge >= 0.3 is 0 Å². The van der Waals surface area contributed by atoms with Gasteiger partial charge in [-0.2, -0.15) is 0 Å². The Bertz CT molecular complexity index is 441. The van der Waals surface area contributed by atoms with Gasteiger partial charge in [-0.25, -0.2) is 0 Å². The minimum Gasteiger partial charge on any atom is -0.0842 e. The zero-order valence-electron chi connectivity index (χ0n) is 20.6. The molecule has 0 nitrogen and oxygen atoms in total. The molecule has 1 aromatic carbocycles. The first kappa shape index (κ1) is 32.4. The Morgan fingerprint density at radius 1 is 0.808 bits per heavy atom. The fraction of sp³-hybridized carbons (Fsp3) is 0.615. The first-order chi connectivity index (χ1) is 12.3. The molecule has 1 rings (SSSR count). The number of hydrogen-bond donors (Lipinski definition) is 0. The van der Waals surface area contributed by atoms with Crippen LogP contribution in [0.2, 0.25) is 0 Å². The van der Waals surface area contributed by atoms with E-state index >= 15 is 0 Å². The van der Waals surface area contributed by atoms with E-state index < -0.39 is 0 Å². The van der Waals surface area contributed by atoms with Crippen molar-refractivity contribution in [2.45, 2.75) is 103 Å². The second-order valence-electron chi connectivity index (χ2n) is 6.18. The Kier molecular flexibility index (Phi) is 29.5. The lowest BCUT2D eigenvalue weighted by molar-refractivity contribution is 0.787. The highest BCUT2D eigenvalue weighted by Crippen LogP contribution is 2.17. The van der Waals surface area contributed by atoms with Crippen molar-refractivity contribution in [3.8, 4) is 0 Å². The number of aryl methyl sites for hydroxylation is 1. The smallest absolute Gasteiger partial charge is 0.0216 e. The van der Waals surface area contributed by atoms with Crippen LogP contribution >= 0.6 is 0 Å². The molecular weight excluding hydrogens is 312 g/mol. The summed E-state index contributed by atoms with van der Waals surface area (Å²) in [5.74, 6) is 1.31. The average molecular weight is 363 g/mol. The van der Waals surface area contributed by atoms with E-state index in [1.54, 1.807) is 0 Å². The van der Waals surface area contributed by atoms with Gasteiger partial charge in [-0.15, -0.1) is 0 Å². The molecule has 0 bridgehead atoms. The number of hydrogen-bond acceptors (Lipinski definition) is 0. The van der Waals surface area contributed by atoms with Crippen molar-refractivity contribution in [2.24, 2.45) is 5.92 Å². The third kappa shape index (κ3) is 19.0. The number of benzene rings is 1. The van der Waals surface area contributed by atoms with Crippen LogP contribution in [-0.2, 0) is 0 Å². The summed E-state index contributed by atoms with van der Waals surface area (Å²) in [5.41, 5.74) is 5.67. The zero-order chi connectivity index (χ0) is 21.7. The normalized spacial score (nSPS) is 9.31. The van der Waals surface area contributed by atoms with E-state index in [0.29, 0.717) is 11.8 Å². The Morgan fingerprint density at radius 3 is 1.42 bits per heavy atom. The Hall–Kier alpha value is -1.30. The topological polar surface area (TPSA) is 0 Å². The van der Waals surface area contributed by atoms with E-state index in [-0.39, 0.29) is 0 Å². The maximum atomic E-state index is 2.24. The van der Waals surface area contributed by atoms with Gasteiger partial charge in [0.25, 0.3) is 0 Å². The van der Waals surface area contributed by atoms with Gasteiger partial charge < -0.3 is 0 Å². The molecular formula is C26H50. The van der Waals surface area contributed by atoms with Gasteiger partial charge in [0.2, 0.25) is 0 Å². The molecule has 1 aromatic rings. The van der Waals surface area contributed by atoms with Crippen LogP contribution in [0.3, 0.4) is 0 Å². The van der Waals surface area contributed by atoms with E-state index in [1.807, 2.05) is 41.5 Å². The van der Waals surface area contributed by atoms with Crippen molar-refractivity contribution in [1.29, 1.82) is 0 Å². The minimum atomic E-state index is 0.653. The van der Waals surface area contributed by atoms with Crippen LogP contribution < -0.4 is 0 Å². The fourth-order valence-electron chi connectivity index (χ4n) is 2.15. The standard InChI is InChI=1S/C10H14.C10H18.3C2H6/c1-8(2)10-7-5-4-6-9(10)3;1-6-10(9(4)5)7-8(2)3;3*1-2/h4-8H,1-3H3;6-7,9H,1-5H3;3*1-2H3/b;10-6+;;;. The van der Waals surface area contributed by atoms with Crippen LogP contribution in [0.1, 0.15) is 107 Å². The molecule has 26 heavy (non-hydrogen) atoms. The molecule has 0 unspecified atom stereocenters. The van der Waals surface area contributed by atoms with Crippen molar-refractivity contribution < 1.29 is 0 Å². The molecule has 0 saturated carbocycles. The molecule has 0 heterocycles. The third-order valence-corrected chi connectivity index (χ3v) is 3.27. The van der Waals surface area contributed by atoms with Crippen molar-refractivity contribution in [1.82, 2.24) is 0 Å². The van der Waals surface area contributed by atoms with Crippen LogP contribution in [0.4, 0.5) is 0 Å². The van der Waals surface area contributed by atoms with E-state index in [4.69, 9.17) is 0 Å². The van der Waals surface area contributed by atoms with Crippen LogP contribution in [-0.4, -0.2) is 0 Å². The molecule has 0 aromatic heterocycles. The SMILES string of the molecule is C/C=C(\C=C(C)C)C(C)C.CC.CC.CC.Cc1ccccc1C(C)C. The monoisotopic (exact) mass is 362 g/mol. The summed E-state index contributed by atoms with van der Waals surface area (Å²) in [6.07, 6.45) is 4.42. The van der Waals surface area contributed by atoms with Crippen LogP contribution in [0.25, 0.3) is 0 Å². The molecule has 0 aliphatic heterocycles. The average Bonchev–Trinajstić information content (AvgIpc) is 2.65. The molecule has 0 aliphatic rings. The quantitative estimate of drug-likeness (QED) is 0.469. The lowest BCUT2D eigenvalue weighted by Gasteiger charge is -2.07. The minimum absolute atomic E-state index is 0.653.